The second-order valence-corrected chi connectivity index (χ2v) is 6.12. The molecule has 0 bridgehead atoms. The van der Waals surface area contributed by atoms with Gasteiger partial charge in [0.2, 0.25) is 0 Å². The van der Waals surface area contributed by atoms with Gasteiger partial charge in [0, 0.05) is 5.54 Å². The van der Waals surface area contributed by atoms with Crippen molar-refractivity contribution in [2.75, 3.05) is 14.1 Å². The van der Waals surface area contributed by atoms with Gasteiger partial charge in [-0.15, -0.1) is 0 Å². The fourth-order valence-corrected chi connectivity index (χ4v) is 2.64. The summed E-state index contributed by atoms with van der Waals surface area (Å²) in [5, 5.41) is 0. The molecule has 0 aliphatic carbocycles. The van der Waals surface area contributed by atoms with Crippen LogP contribution in [-0.4, -0.2) is 24.5 Å². The van der Waals surface area contributed by atoms with E-state index in [1.807, 2.05) is 0 Å². The molecule has 0 radical (unpaired) electrons. The Bertz CT molecular complexity index is 184. The molecule has 0 aromatic carbocycles. The number of hydrogen-bond donors (Lipinski definition) is 0. The molecule has 0 heterocycles. The van der Waals surface area contributed by atoms with Crippen molar-refractivity contribution < 1.29 is 0 Å². The molecule has 1 nitrogen and oxygen atoms in total. The Morgan fingerprint density at radius 2 is 1.53 bits per heavy atom. The lowest BCUT2D eigenvalue weighted by molar-refractivity contribution is 0.0128. The summed E-state index contributed by atoms with van der Waals surface area (Å²) < 4.78 is 0. The van der Waals surface area contributed by atoms with E-state index in [9.17, 15) is 0 Å². The van der Waals surface area contributed by atoms with E-state index in [2.05, 4.69) is 60.5 Å². The van der Waals surface area contributed by atoms with Gasteiger partial charge < -0.3 is 4.90 Å². The van der Waals surface area contributed by atoms with Crippen LogP contribution in [0.5, 0.6) is 0 Å². The lowest BCUT2D eigenvalue weighted by Gasteiger charge is -2.50. The van der Waals surface area contributed by atoms with Gasteiger partial charge in [-0.05, 0) is 45.2 Å². The molecule has 0 aromatic heterocycles. The minimum atomic E-state index is 0.302. The minimum Gasteiger partial charge on any atom is -0.303 e. The summed E-state index contributed by atoms with van der Waals surface area (Å²) in [7, 11) is 4.42. The van der Waals surface area contributed by atoms with Gasteiger partial charge in [0.1, 0.15) is 0 Å². The molecular weight excluding hydrogens is 182 g/mol. The SMILES string of the molecule is CCC(C)CC(C)(C)C(C)(CC)N(C)C. The van der Waals surface area contributed by atoms with Gasteiger partial charge in [-0.2, -0.15) is 0 Å². The highest BCUT2D eigenvalue weighted by atomic mass is 15.1. The summed E-state index contributed by atoms with van der Waals surface area (Å²) in [6, 6.07) is 0. The van der Waals surface area contributed by atoms with Crippen molar-refractivity contribution in [3.05, 3.63) is 0 Å². The Morgan fingerprint density at radius 1 is 1.07 bits per heavy atom. The van der Waals surface area contributed by atoms with Crippen molar-refractivity contribution >= 4 is 0 Å². The van der Waals surface area contributed by atoms with Gasteiger partial charge >= 0.3 is 0 Å². The van der Waals surface area contributed by atoms with Gasteiger partial charge in [0.05, 0.1) is 0 Å². The van der Waals surface area contributed by atoms with E-state index in [0.717, 1.165) is 5.92 Å². The molecular formula is C14H31N. The highest BCUT2D eigenvalue weighted by molar-refractivity contribution is 4.96. The van der Waals surface area contributed by atoms with Crippen LogP contribution >= 0.6 is 0 Å². The first kappa shape index (κ1) is 15.0. The van der Waals surface area contributed by atoms with Crippen LogP contribution in [-0.2, 0) is 0 Å². The Kier molecular flexibility index (Phi) is 5.32. The van der Waals surface area contributed by atoms with Crippen molar-refractivity contribution in [1.82, 2.24) is 4.90 Å². The first-order chi connectivity index (χ1) is 6.71. The van der Waals surface area contributed by atoms with E-state index in [-0.39, 0.29) is 0 Å². The zero-order valence-electron chi connectivity index (χ0n) is 12.1. The Morgan fingerprint density at radius 3 is 1.80 bits per heavy atom. The molecule has 0 rings (SSSR count). The number of nitrogens with zero attached hydrogens (tertiary/aromatic N) is 1. The van der Waals surface area contributed by atoms with Gasteiger partial charge in [0.15, 0.2) is 0 Å². The third kappa shape index (κ3) is 3.21. The summed E-state index contributed by atoms with van der Waals surface area (Å²) in [4.78, 5) is 2.40. The molecule has 0 saturated carbocycles. The maximum atomic E-state index is 2.42. The molecule has 0 aliphatic rings. The summed E-state index contributed by atoms with van der Waals surface area (Å²) in [5.74, 6) is 0.825. The van der Waals surface area contributed by atoms with Gasteiger partial charge in [-0.1, -0.05) is 41.0 Å². The van der Waals surface area contributed by atoms with Gasteiger partial charge in [0.25, 0.3) is 0 Å². The topological polar surface area (TPSA) is 3.24 Å². The Balaban J connectivity index is 4.80. The van der Waals surface area contributed by atoms with E-state index in [0.29, 0.717) is 11.0 Å². The fourth-order valence-electron chi connectivity index (χ4n) is 2.64. The van der Waals surface area contributed by atoms with Crippen molar-refractivity contribution in [1.29, 1.82) is 0 Å². The quantitative estimate of drug-likeness (QED) is 0.640. The first-order valence-electron chi connectivity index (χ1n) is 6.38. The predicted octanol–water partition coefficient (Wildman–Crippen LogP) is 4.18. The highest BCUT2D eigenvalue weighted by Gasteiger charge is 2.41. The Labute approximate surface area is 97.2 Å². The second-order valence-electron chi connectivity index (χ2n) is 6.12. The van der Waals surface area contributed by atoms with E-state index in [1.165, 1.54) is 19.3 Å². The zero-order valence-corrected chi connectivity index (χ0v) is 12.1. The molecule has 2 atom stereocenters. The highest BCUT2D eigenvalue weighted by Crippen LogP contribution is 2.42. The van der Waals surface area contributed by atoms with Crippen LogP contribution in [0.1, 0.15) is 60.8 Å². The molecule has 0 aromatic rings. The largest absolute Gasteiger partial charge is 0.303 e. The van der Waals surface area contributed by atoms with Crippen LogP contribution in [0.15, 0.2) is 0 Å². The summed E-state index contributed by atoms with van der Waals surface area (Å²) in [6.07, 6.45) is 3.81. The molecule has 0 fully saturated rings. The van der Waals surface area contributed by atoms with Crippen molar-refractivity contribution in [2.24, 2.45) is 11.3 Å². The molecule has 15 heavy (non-hydrogen) atoms. The second kappa shape index (κ2) is 5.34. The molecule has 0 N–H and O–H groups in total. The lowest BCUT2D eigenvalue weighted by atomic mass is 9.66. The molecule has 0 amide bonds. The maximum Gasteiger partial charge on any atom is 0.0223 e. The number of hydrogen-bond acceptors (Lipinski definition) is 1. The predicted molar refractivity (Wildman–Crippen MR) is 70.2 cm³/mol. The average molecular weight is 213 g/mol. The standard InChI is InChI=1S/C14H31N/c1-9-12(3)11-13(4,5)14(6,10-2)15(7)8/h12H,9-11H2,1-8H3. The third-order valence-electron chi connectivity index (χ3n) is 4.69. The Hall–Kier alpha value is -0.0400. The molecule has 1 heteroatoms. The molecule has 2 unspecified atom stereocenters. The van der Waals surface area contributed by atoms with Crippen LogP contribution < -0.4 is 0 Å². The summed E-state index contributed by atoms with van der Waals surface area (Å²) >= 11 is 0. The van der Waals surface area contributed by atoms with Crippen molar-refractivity contribution in [3.63, 3.8) is 0 Å². The van der Waals surface area contributed by atoms with Crippen LogP contribution in [0.2, 0.25) is 0 Å². The van der Waals surface area contributed by atoms with Crippen LogP contribution in [0.3, 0.4) is 0 Å². The molecule has 0 saturated heterocycles. The van der Waals surface area contributed by atoms with Crippen LogP contribution in [0, 0.1) is 11.3 Å². The van der Waals surface area contributed by atoms with Crippen molar-refractivity contribution in [3.8, 4) is 0 Å². The molecule has 0 aliphatic heterocycles. The van der Waals surface area contributed by atoms with Crippen molar-refractivity contribution in [2.45, 2.75) is 66.3 Å². The molecule has 0 spiro atoms. The minimum absolute atomic E-state index is 0.302. The van der Waals surface area contributed by atoms with E-state index < -0.39 is 0 Å². The van der Waals surface area contributed by atoms with E-state index in [4.69, 9.17) is 0 Å². The summed E-state index contributed by atoms with van der Waals surface area (Å²) in [5.41, 5.74) is 0.678. The smallest absolute Gasteiger partial charge is 0.0223 e. The van der Waals surface area contributed by atoms with Gasteiger partial charge in [-0.25, -0.2) is 0 Å². The average Bonchev–Trinajstić information content (AvgIpc) is 2.14. The lowest BCUT2D eigenvalue weighted by Crippen LogP contribution is -2.53. The fraction of sp³-hybridized carbons (Fsp3) is 1.00. The van der Waals surface area contributed by atoms with Crippen LogP contribution in [0.25, 0.3) is 0 Å². The number of rotatable bonds is 6. The molecule has 92 valence electrons. The maximum absolute atomic E-state index is 2.42. The normalized spacial score (nSPS) is 19.0. The van der Waals surface area contributed by atoms with E-state index >= 15 is 0 Å². The van der Waals surface area contributed by atoms with Gasteiger partial charge in [-0.3, -0.25) is 0 Å². The van der Waals surface area contributed by atoms with Crippen LogP contribution in [0.4, 0.5) is 0 Å². The first-order valence-corrected chi connectivity index (χ1v) is 6.38. The summed E-state index contributed by atoms with van der Waals surface area (Å²) in [6.45, 7) is 14.2. The van der Waals surface area contributed by atoms with E-state index in [1.54, 1.807) is 0 Å². The third-order valence-corrected chi connectivity index (χ3v) is 4.69. The zero-order chi connectivity index (χ0) is 12.3. The monoisotopic (exact) mass is 213 g/mol.